The van der Waals surface area contributed by atoms with Crippen LogP contribution in [-0.4, -0.2) is 62.6 Å². The van der Waals surface area contributed by atoms with Crippen molar-refractivity contribution in [1.29, 1.82) is 0 Å². The highest BCUT2D eigenvalue weighted by Gasteiger charge is 2.88. The molecule has 1 heterocycles. The number of alkyl halides is 4. The maximum atomic E-state index is 14.1. The van der Waals surface area contributed by atoms with E-state index in [1.165, 1.54) is 60.7 Å². The summed E-state index contributed by atoms with van der Waals surface area (Å²) in [7, 11) is -4.18. The molecule has 1 saturated heterocycles. The molecule has 3 amide bonds. The summed E-state index contributed by atoms with van der Waals surface area (Å²) in [5.74, 6) is -6.98. The van der Waals surface area contributed by atoms with Crippen LogP contribution in [-0.2, 0) is 19.7 Å². The van der Waals surface area contributed by atoms with E-state index in [2.05, 4.69) is 0 Å². The molecule has 9 nitrogen and oxygen atoms in total. The maximum Gasteiger partial charge on any atom is 0.339 e. The summed E-state index contributed by atoms with van der Waals surface area (Å²) in [6, 6.07) is 16.5. The smallest absolute Gasteiger partial charge is 0.339 e. The van der Waals surface area contributed by atoms with Gasteiger partial charge in [0.2, 0.25) is 0 Å². The summed E-state index contributed by atoms with van der Waals surface area (Å²) >= 11 is 45.5. The maximum absolute atomic E-state index is 14.1. The molecule has 4 atom stereocenters. The Balaban J connectivity index is 1.31. The van der Waals surface area contributed by atoms with Gasteiger partial charge in [-0.2, -0.15) is 13.4 Å². The number of hydrogen-bond donors (Lipinski definition) is 0. The van der Waals surface area contributed by atoms with Crippen LogP contribution in [0.15, 0.2) is 87.8 Å². The average Bonchev–Trinajstić information content (AvgIpc) is 3.42. The first kappa shape index (κ1) is 35.3. The number of rotatable bonds is 8. The number of aryl methyl sites for hydroxylation is 1. The third kappa shape index (κ3) is 5.06. The van der Waals surface area contributed by atoms with Crippen LogP contribution in [0.5, 0.6) is 5.75 Å². The minimum absolute atomic E-state index is 0.0146. The van der Waals surface area contributed by atoms with Gasteiger partial charge in [-0.05, 0) is 67.6 Å². The molecule has 6 rings (SSSR count). The van der Waals surface area contributed by atoms with Crippen molar-refractivity contribution in [1.82, 2.24) is 10.0 Å². The van der Waals surface area contributed by atoms with Crippen molar-refractivity contribution < 1.29 is 31.8 Å². The number of amides is 3. The first-order valence-electron chi connectivity index (χ1n) is 13.8. The van der Waals surface area contributed by atoms with E-state index in [1.807, 2.05) is 0 Å². The number of halogens is 7. The van der Waals surface area contributed by atoms with Gasteiger partial charge in [0.15, 0.2) is 10.1 Å². The predicted octanol–water partition coefficient (Wildman–Crippen LogP) is 7.10. The Morgan fingerprint density at radius 1 is 0.771 bits per heavy atom. The Hall–Kier alpha value is -2.54. The highest BCUT2D eigenvalue weighted by Crippen LogP contribution is 2.77. The average molecular weight is 812 g/mol. The van der Waals surface area contributed by atoms with Crippen molar-refractivity contribution in [3.8, 4) is 5.75 Å². The fourth-order valence-electron chi connectivity index (χ4n) is 6.00. The Morgan fingerprint density at radius 2 is 1.25 bits per heavy atom. The zero-order valence-electron chi connectivity index (χ0n) is 24.1. The van der Waals surface area contributed by atoms with Crippen LogP contribution >= 0.6 is 81.2 Å². The van der Waals surface area contributed by atoms with Crippen LogP contribution in [0.4, 0.5) is 0 Å². The summed E-state index contributed by atoms with van der Waals surface area (Å²) < 4.78 is 28.4. The molecule has 2 bridgehead atoms. The molecule has 1 aliphatic heterocycles. The van der Waals surface area contributed by atoms with Gasteiger partial charge < -0.3 is 4.18 Å². The lowest BCUT2D eigenvalue weighted by molar-refractivity contribution is -0.154. The van der Waals surface area contributed by atoms with E-state index in [-0.39, 0.29) is 31.8 Å². The van der Waals surface area contributed by atoms with E-state index >= 15 is 0 Å². The molecule has 0 unspecified atom stereocenters. The molecule has 0 radical (unpaired) electrons. The second-order valence-corrected chi connectivity index (χ2v) is 16.5. The molecule has 0 aromatic heterocycles. The Bertz CT molecular complexity index is 1990. The molecule has 0 N–H and O–H groups in total. The summed E-state index contributed by atoms with van der Waals surface area (Å²) in [5.41, 5.74) is 0.810. The van der Waals surface area contributed by atoms with Crippen LogP contribution in [0.1, 0.15) is 26.3 Å². The van der Waals surface area contributed by atoms with Gasteiger partial charge in [-0.25, -0.2) is 5.01 Å². The molecular weight excluding hydrogens is 793 g/mol. The number of Topliss-reactive ketones (excluding diaryl/α,β-unsaturated/α-hetero) is 1. The number of benzene rings is 3. The van der Waals surface area contributed by atoms with E-state index in [0.717, 1.165) is 5.56 Å². The van der Waals surface area contributed by atoms with Crippen molar-refractivity contribution in [3.63, 3.8) is 0 Å². The SMILES string of the molecule is Cc1ccc(S(=O)(=O)Oc2ccc(C(=O)CN(C(=O)c3ccc(Cl)cc3)N3C(=O)[C@@H]4[C@@H](C3=O)[C@@]3(Cl)C(Cl)=C(Cl)[C@@]4(Cl)C3(Cl)Cl)cc2)cc1. The number of hydrogen-bond acceptors (Lipinski definition) is 7. The van der Waals surface area contributed by atoms with Crippen LogP contribution in [0.25, 0.3) is 0 Å². The summed E-state index contributed by atoms with van der Waals surface area (Å²) in [4.78, 5) is 51.3. The van der Waals surface area contributed by atoms with Crippen molar-refractivity contribution >= 4 is 115 Å². The van der Waals surface area contributed by atoms with Crippen LogP contribution in [0.3, 0.4) is 0 Å². The van der Waals surface area contributed by atoms with E-state index in [4.69, 9.17) is 85.4 Å². The lowest BCUT2D eigenvalue weighted by Gasteiger charge is -2.36. The van der Waals surface area contributed by atoms with Crippen molar-refractivity contribution in [2.75, 3.05) is 6.54 Å². The Kier molecular flexibility index (Phi) is 8.86. The third-order valence-electron chi connectivity index (χ3n) is 8.44. The molecule has 0 spiro atoms. The molecule has 2 fully saturated rings. The Morgan fingerprint density at radius 3 is 1.75 bits per heavy atom. The first-order chi connectivity index (χ1) is 22.4. The molecule has 3 aromatic rings. The van der Waals surface area contributed by atoms with Gasteiger partial charge in [-0.15, -0.1) is 23.2 Å². The lowest BCUT2D eigenvalue weighted by atomic mass is 9.84. The van der Waals surface area contributed by atoms with Gasteiger partial charge in [0.1, 0.15) is 26.9 Å². The van der Waals surface area contributed by atoms with Gasteiger partial charge >= 0.3 is 10.1 Å². The number of nitrogens with zero attached hydrogens (tertiary/aromatic N) is 2. The number of imide groups is 1. The molecule has 2 aliphatic carbocycles. The van der Waals surface area contributed by atoms with Gasteiger partial charge in [-0.3, -0.25) is 19.2 Å². The quantitative estimate of drug-likeness (QED) is 0.103. The largest absolute Gasteiger partial charge is 0.379 e. The molecule has 17 heteroatoms. The minimum Gasteiger partial charge on any atom is -0.379 e. The standard InChI is InChI=1S/C31H19Cl7N2O7S/c1-15-2-12-20(13-3-15)48(45,46)47-19-10-6-16(7-11-19)21(41)14-39(26(42)17-4-8-18(32)9-5-17)40-27(43)22-23(28(40)44)30(36)25(34)24(33)29(22,35)31(30,37)38/h2-13,22-23H,14H2,1H3/t22-,23-,29+,30+/m0/s1. The lowest BCUT2D eigenvalue weighted by Crippen LogP contribution is -2.56. The second-order valence-electron chi connectivity index (χ2n) is 11.2. The molecule has 250 valence electrons. The number of hydrazine groups is 1. The van der Waals surface area contributed by atoms with Crippen LogP contribution < -0.4 is 4.18 Å². The third-order valence-corrected chi connectivity index (χ3v) is 14.2. The number of carbonyl (C=O) groups is 4. The zero-order valence-corrected chi connectivity index (χ0v) is 30.2. The Labute approximate surface area is 309 Å². The van der Waals surface area contributed by atoms with Crippen LogP contribution in [0.2, 0.25) is 5.02 Å². The first-order valence-corrected chi connectivity index (χ1v) is 17.8. The van der Waals surface area contributed by atoms with E-state index in [9.17, 15) is 27.6 Å². The molecular formula is C31H19Cl7N2O7S. The van der Waals surface area contributed by atoms with E-state index in [1.54, 1.807) is 19.1 Å². The zero-order chi connectivity index (χ0) is 35.1. The number of fused-ring (bicyclic) bond motifs is 5. The van der Waals surface area contributed by atoms with Gasteiger partial charge in [0, 0.05) is 16.1 Å². The highest BCUT2D eigenvalue weighted by molar-refractivity contribution is 7.87. The van der Waals surface area contributed by atoms with E-state index < -0.39 is 66.1 Å². The number of ketones is 1. The van der Waals surface area contributed by atoms with Crippen molar-refractivity contribution in [2.45, 2.75) is 25.9 Å². The van der Waals surface area contributed by atoms with Gasteiger partial charge in [0.05, 0.1) is 21.9 Å². The molecule has 3 aromatic carbocycles. The summed E-state index contributed by atoms with van der Waals surface area (Å²) in [5, 5.41) is 0.769. The predicted molar refractivity (Wildman–Crippen MR) is 181 cm³/mol. The fraction of sp³-hybridized carbons (Fsp3) is 0.226. The summed E-state index contributed by atoms with van der Waals surface area (Å²) in [6.07, 6.45) is 0. The second kappa shape index (κ2) is 12.1. The highest BCUT2D eigenvalue weighted by atomic mass is 35.5. The number of allylic oxidation sites excluding steroid dienone is 2. The van der Waals surface area contributed by atoms with E-state index in [0.29, 0.717) is 15.0 Å². The van der Waals surface area contributed by atoms with Crippen molar-refractivity contribution in [3.05, 3.63) is 105 Å². The molecule has 3 aliphatic rings. The number of carbonyl (C=O) groups excluding carboxylic acids is 4. The van der Waals surface area contributed by atoms with Crippen LogP contribution in [0, 0.1) is 18.8 Å². The van der Waals surface area contributed by atoms with Crippen molar-refractivity contribution in [2.24, 2.45) is 11.8 Å². The summed E-state index contributed by atoms with van der Waals surface area (Å²) in [6.45, 7) is 0.962. The normalized spacial score (nSPS) is 25.8. The van der Waals surface area contributed by atoms with Gasteiger partial charge in [0.25, 0.3) is 17.7 Å². The minimum atomic E-state index is -4.18. The molecule has 48 heavy (non-hydrogen) atoms. The monoisotopic (exact) mass is 808 g/mol. The molecule has 1 saturated carbocycles. The fourth-order valence-corrected chi connectivity index (χ4v) is 9.98. The topological polar surface area (TPSA) is 118 Å². The van der Waals surface area contributed by atoms with Gasteiger partial charge in [-0.1, -0.05) is 75.7 Å².